The molecule has 1 fully saturated rings. The number of Topliss-reactive ketones (excluding diaryl/α,β-unsaturated/α-hetero) is 1. The molecule has 0 radical (unpaired) electrons. The van der Waals surface area contributed by atoms with Gasteiger partial charge in [0.25, 0.3) is 5.91 Å². The highest BCUT2D eigenvalue weighted by atomic mass is 16.6. The van der Waals surface area contributed by atoms with Crippen LogP contribution in [-0.4, -0.2) is 29.3 Å². The molecule has 1 aromatic carbocycles. The van der Waals surface area contributed by atoms with Crippen LogP contribution in [0.25, 0.3) is 11.3 Å². The van der Waals surface area contributed by atoms with Crippen LogP contribution >= 0.6 is 0 Å². The topological polar surface area (TPSA) is 109 Å². The summed E-state index contributed by atoms with van der Waals surface area (Å²) in [5, 5.41) is 12.2. The zero-order chi connectivity index (χ0) is 21.7. The van der Waals surface area contributed by atoms with Gasteiger partial charge in [0.15, 0.2) is 11.9 Å². The van der Waals surface area contributed by atoms with Gasteiger partial charge in [-0.05, 0) is 38.8 Å². The number of esters is 1. The van der Waals surface area contributed by atoms with E-state index in [0.29, 0.717) is 29.7 Å². The first-order chi connectivity index (χ1) is 14.3. The standard InChI is InChI=1S/C23H24N2O5/c1-15(26)17-6-8-18(9-7-17)19-10-11-20(30-19)22(28)29-16(2)21(27)25-23(14-24)12-4-3-5-13-23/h6-11,16H,3-5,12-13H2,1-2H3,(H,25,27)/t16-/m1/s1. The molecule has 0 bridgehead atoms. The molecule has 0 saturated heterocycles. The van der Waals surface area contributed by atoms with Gasteiger partial charge in [-0.25, -0.2) is 4.79 Å². The molecule has 2 aromatic rings. The molecule has 0 spiro atoms. The highest BCUT2D eigenvalue weighted by Crippen LogP contribution is 2.28. The van der Waals surface area contributed by atoms with Crippen molar-refractivity contribution in [1.29, 1.82) is 5.26 Å². The molecule has 156 valence electrons. The normalized spacial score (nSPS) is 16.2. The van der Waals surface area contributed by atoms with Crippen LogP contribution in [0.1, 0.15) is 66.9 Å². The van der Waals surface area contributed by atoms with Crippen molar-refractivity contribution in [2.45, 2.75) is 57.6 Å². The molecule has 1 aromatic heterocycles. The molecule has 0 unspecified atom stereocenters. The maximum atomic E-state index is 12.5. The van der Waals surface area contributed by atoms with Crippen molar-refractivity contribution in [1.82, 2.24) is 5.32 Å². The summed E-state index contributed by atoms with van der Waals surface area (Å²) in [5.74, 6) is -0.894. The summed E-state index contributed by atoms with van der Waals surface area (Å²) in [6.07, 6.45) is 2.94. The van der Waals surface area contributed by atoms with Crippen molar-refractivity contribution in [3.8, 4) is 17.4 Å². The first-order valence-corrected chi connectivity index (χ1v) is 9.99. The maximum absolute atomic E-state index is 12.5. The average molecular weight is 408 g/mol. The van der Waals surface area contributed by atoms with Gasteiger partial charge in [0.05, 0.1) is 6.07 Å². The van der Waals surface area contributed by atoms with Gasteiger partial charge in [0.2, 0.25) is 5.76 Å². The van der Waals surface area contributed by atoms with Crippen molar-refractivity contribution in [3.63, 3.8) is 0 Å². The van der Waals surface area contributed by atoms with E-state index in [2.05, 4.69) is 11.4 Å². The molecule has 7 heteroatoms. The van der Waals surface area contributed by atoms with Gasteiger partial charge in [-0.15, -0.1) is 0 Å². The molecule has 1 saturated carbocycles. The minimum atomic E-state index is -1.06. The molecule has 1 aliphatic carbocycles. The zero-order valence-corrected chi connectivity index (χ0v) is 17.1. The lowest BCUT2D eigenvalue weighted by Crippen LogP contribution is -2.52. The van der Waals surface area contributed by atoms with E-state index < -0.39 is 23.5 Å². The Morgan fingerprint density at radius 1 is 1.10 bits per heavy atom. The minimum absolute atomic E-state index is 0.0343. The van der Waals surface area contributed by atoms with Crippen LogP contribution < -0.4 is 5.32 Å². The van der Waals surface area contributed by atoms with Crippen molar-refractivity contribution < 1.29 is 23.5 Å². The summed E-state index contributed by atoms with van der Waals surface area (Å²) < 4.78 is 10.8. The van der Waals surface area contributed by atoms with Crippen LogP contribution in [-0.2, 0) is 9.53 Å². The summed E-state index contributed by atoms with van der Waals surface area (Å²) >= 11 is 0. The van der Waals surface area contributed by atoms with Gasteiger partial charge >= 0.3 is 5.97 Å². The Bertz CT molecular complexity index is 978. The second kappa shape index (κ2) is 8.95. The number of hydrogen-bond donors (Lipinski definition) is 1. The molecule has 1 amide bonds. The predicted octanol–water partition coefficient (Wildman–Crippen LogP) is 4.04. The quantitative estimate of drug-likeness (QED) is 0.571. The summed E-state index contributed by atoms with van der Waals surface area (Å²) in [5.41, 5.74) is 0.399. The second-order valence-corrected chi connectivity index (χ2v) is 7.59. The molecule has 3 rings (SSSR count). The van der Waals surface area contributed by atoms with E-state index in [1.807, 2.05) is 0 Å². The van der Waals surface area contributed by atoms with Crippen LogP contribution in [0, 0.1) is 11.3 Å². The lowest BCUT2D eigenvalue weighted by Gasteiger charge is -2.32. The molecular weight excluding hydrogens is 384 g/mol. The van der Waals surface area contributed by atoms with Gasteiger partial charge < -0.3 is 14.5 Å². The number of ketones is 1. The zero-order valence-electron chi connectivity index (χ0n) is 17.1. The van der Waals surface area contributed by atoms with Gasteiger partial charge in [-0.2, -0.15) is 5.26 Å². The fraction of sp³-hybridized carbons (Fsp3) is 0.391. The summed E-state index contributed by atoms with van der Waals surface area (Å²) in [4.78, 5) is 36.2. The molecule has 0 aliphatic heterocycles. The van der Waals surface area contributed by atoms with E-state index in [1.165, 1.54) is 19.9 Å². The highest BCUT2D eigenvalue weighted by molar-refractivity contribution is 5.94. The number of carbonyl (C=O) groups is 3. The summed E-state index contributed by atoms with van der Waals surface area (Å²) in [7, 11) is 0. The van der Waals surface area contributed by atoms with Crippen molar-refractivity contribution in [2.24, 2.45) is 0 Å². The smallest absolute Gasteiger partial charge is 0.375 e. The number of rotatable bonds is 6. The lowest BCUT2D eigenvalue weighted by atomic mass is 9.83. The Morgan fingerprint density at radius 3 is 2.37 bits per heavy atom. The van der Waals surface area contributed by atoms with Gasteiger partial charge in [0, 0.05) is 11.1 Å². The number of benzene rings is 1. The number of hydrogen-bond acceptors (Lipinski definition) is 6. The number of nitrogens with one attached hydrogen (secondary N) is 1. The number of amides is 1. The van der Waals surface area contributed by atoms with Crippen LogP contribution in [0.2, 0.25) is 0 Å². The predicted molar refractivity (Wildman–Crippen MR) is 109 cm³/mol. The Morgan fingerprint density at radius 2 is 1.77 bits per heavy atom. The van der Waals surface area contributed by atoms with E-state index in [-0.39, 0.29) is 11.5 Å². The number of carbonyl (C=O) groups excluding carboxylic acids is 3. The molecule has 1 atom stereocenters. The number of furan rings is 1. The van der Waals surface area contributed by atoms with E-state index in [4.69, 9.17) is 9.15 Å². The fourth-order valence-corrected chi connectivity index (χ4v) is 3.50. The molecule has 1 N–H and O–H groups in total. The van der Waals surface area contributed by atoms with Crippen molar-refractivity contribution in [3.05, 3.63) is 47.7 Å². The third-order valence-electron chi connectivity index (χ3n) is 5.32. The van der Waals surface area contributed by atoms with E-state index in [0.717, 1.165) is 19.3 Å². The van der Waals surface area contributed by atoms with E-state index >= 15 is 0 Å². The lowest BCUT2D eigenvalue weighted by molar-refractivity contribution is -0.130. The first-order valence-electron chi connectivity index (χ1n) is 9.99. The molecule has 1 heterocycles. The number of nitrogens with zero attached hydrogens (tertiary/aromatic N) is 1. The third kappa shape index (κ3) is 4.77. The molecule has 7 nitrogen and oxygen atoms in total. The van der Waals surface area contributed by atoms with Crippen molar-refractivity contribution in [2.75, 3.05) is 0 Å². The molecule has 1 aliphatic rings. The Labute approximate surface area is 175 Å². The van der Waals surface area contributed by atoms with Gasteiger partial charge in [-0.1, -0.05) is 43.5 Å². The summed E-state index contributed by atoms with van der Waals surface area (Å²) in [6.45, 7) is 2.95. The monoisotopic (exact) mass is 408 g/mol. The molecular formula is C23H24N2O5. The number of ether oxygens (including phenoxy) is 1. The average Bonchev–Trinajstić information content (AvgIpc) is 3.25. The van der Waals surface area contributed by atoms with Crippen LogP contribution in [0.4, 0.5) is 0 Å². The van der Waals surface area contributed by atoms with Crippen LogP contribution in [0.15, 0.2) is 40.8 Å². The van der Waals surface area contributed by atoms with Crippen LogP contribution in [0.5, 0.6) is 0 Å². The highest BCUT2D eigenvalue weighted by Gasteiger charge is 2.35. The van der Waals surface area contributed by atoms with Crippen molar-refractivity contribution >= 4 is 17.7 Å². The van der Waals surface area contributed by atoms with Gasteiger partial charge in [0.1, 0.15) is 11.3 Å². The molecule has 30 heavy (non-hydrogen) atoms. The fourth-order valence-electron chi connectivity index (χ4n) is 3.50. The maximum Gasteiger partial charge on any atom is 0.375 e. The number of nitriles is 1. The summed E-state index contributed by atoms with van der Waals surface area (Å²) in [6, 6.07) is 12.1. The Balaban J connectivity index is 1.62. The van der Waals surface area contributed by atoms with Gasteiger partial charge in [-0.3, -0.25) is 9.59 Å². The Hall–Kier alpha value is -3.40. The SMILES string of the molecule is CC(=O)c1ccc(-c2ccc(C(=O)O[C@H](C)C(=O)NC3(C#N)CCCCC3)o2)cc1. The van der Waals surface area contributed by atoms with Crippen LogP contribution in [0.3, 0.4) is 0 Å². The minimum Gasteiger partial charge on any atom is -0.449 e. The first kappa shape index (κ1) is 21.3. The Kier molecular flexibility index (Phi) is 6.36. The van der Waals surface area contributed by atoms with E-state index in [1.54, 1.807) is 30.3 Å². The third-order valence-corrected chi connectivity index (χ3v) is 5.32. The van der Waals surface area contributed by atoms with E-state index in [9.17, 15) is 19.6 Å². The second-order valence-electron chi connectivity index (χ2n) is 7.59. The largest absolute Gasteiger partial charge is 0.449 e.